The summed E-state index contributed by atoms with van der Waals surface area (Å²) in [6.07, 6.45) is 0. The van der Waals surface area contributed by atoms with Gasteiger partial charge in [0.25, 0.3) is 0 Å². The quantitative estimate of drug-likeness (QED) is 0.649. The maximum Gasteiger partial charge on any atom is 0.190 e. The lowest BCUT2D eigenvalue weighted by atomic mass is 10.2. The van der Waals surface area contributed by atoms with Crippen molar-refractivity contribution in [1.82, 2.24) is 4.98 Å². The molecule has 0 atom stereocenters. The van der Waals surface area contributed by atoms with Crippen LogP contribution in [0.4, 0.5) is 0 Å². The number of pyridine rings is 1. The van der Waals surface area contributed by atoms with Crippen molar-refractivity contribution in [2.45, 2.75) is 0 Å². The summed E-state index contributed by atoms with van der Waals surface area (Å²) in [5, 5.41) is 9.21. The van der Waals surface area contributed by atoms with Gasteiger partial charge in [-0.05, 0) is 12.1 Å². The molecule has 0 saturated carbocycles. The summed E-state index contributed by atoms with van der Waals surface area (Å²) in [4.78, 5) is 14.2. The zero-order valence-corrected chi connectivity index (χ0v) is 6.74. The summed E-state index contributed by atoms with van der Waals surface area (Å²) in [7, 11) is 0. The number of para-hydroxylation sites is 1. The van der Waals surface area contributed by atoms with Gasteiger partial charge < -0.3 is 4.98 Å². The lowest BCUT2D eigenvalue weighted by molar-refractivity contribution is 1.31. The van der Waals surface area contributed by atoms with Crippen LogP contribution in [0.15, 0.2) is 35.1 Å². The minimum Gasteiger partial charge on any atom is -0.346 e. The maximum absolute atomic E-state index is 11.4. The van der Waals surface area contributed by atoms with Crippen LogP contribution < -0.4 is 5.43 Å². The average Bonchev–Trinajstić information content (AvgIpc) is 2.18. The summed E-state index contributed by atoms with van der Waals surface area (Å²) in [5.41, 5.74) is 0.876. The summed E-state index contributed by atoms with van der Waals surface area (Å²) < 4.78 is 0. The van der Waals surface area contributed by atoms with Gasteiger partial charge in [-0.2, -0.15) is 5.26 Å². The highest BCUT2D eigenvalue weighted by Crippen LogP contribution is 2.06. The topological polar surface area (TPSA) is 56.6 Å². The Morgan fingerprint density at radius 3 is 2.85 bits per heavy atom. The summed E-state index contributed by atoms with van der Waals surface area (Å²) in [6, 6.07) is 10.3. The van der Waals surface area contributed by atoms with Crippen LogP contribution >= 0.6 is 0 Å². The van der Waals surface area contributed by atoms with E-state index >= 15 is 0 Å². The van der Waals surface area contributed by atoms with Crippen molar-refractivity contribution in [3.8, 4) is 6.07 Å². The molecule has 0 saturated heterocycles. The van der Waals surface area contributed by atoms with E-state index in [1.807, 2.05) is 12.1 Å². The standard InChI is InChI=1S/C10H6N2O/c11-6-7-5-10(13)8-3-1-2-4-9(8)12-7/h1-5H,(H,12,13). The third-order valence-electron chi connectivity index (χ3n) is 1.86. The molecular weight excluding hydrogens is 164 g/mol. The zero-order valence-electron chi connectivity index (χ0n) is 6.74. The van der Waals surface area contributed by atoms with E-state index in [0.29, 0.717) is 16.6 Å². The van der Waals surface area contributed by atoms with Crippen LogP contribution in [0.5, 0.6) is 0 Å². The van der Waals surface area contributed by atoms with Gasteiger partial charge in [0.05, 0.1) is 5.52 Å². The molecule has 3 heteroatoms. The highest BCUT2D eigenvalue weighted by atomic mass is 16.1. The van der Waals surface area contributed by atoms with Gasteiger partial charge in [0, 0.05) is 11.5 Å². The number of fused-ring (bicyclic) bond motifs is 1. The van der Waals surface area contributed by atoms with Gasteiger partial charge in [-0.15, -0.1) is 0 Å². The minimum atomic E-state index is -0.120. The van der Waals surface area contributed by atoms with Crippen molar-refractivity contribution in [3.63, 3.8) is 0 Å². The molecule has 2 aromatic rings. The molecular formula is C10H6N2O. The van der Waals surface area contributed by atoms with Gasteiger partial charge in [-0.25, -0.2) is 0 Å². The fourth-order valence-corrected chi connectivity index (χ4v) is 1.26. The van der Waals surface area contributed by atoms with Gasteiger partial charge in [0.15, 0.2) is 5.43 Å². The van der Waals surface area contributed by atoms with E-state index in [1.165, 1.54) is 6.07 Å². The van der Waals surface area contributed by atoms with E-state index in [0.717, 1.165) is 0 Å². The Morgan fingerprint density at radius 2 is 2.08 bits per heavy atom. The smallest absolute Gasteiger partial charge is 0.190 e. The molecule has 0 aliphatic rings. The fourth-order valence-electron chi connectivity index (χ4n) is 1.26. The number of nitrogens with one attached hydrogen (secondary N) is 1. The number of hydrogen-bond acceptors (Lipinski definition) is 2. The third-order valence-corrected chi connectivity index (χ3v) is 1.86. The summed E-state index contributed by atoms with van der Waals surface area (Å²) in [5.74, 6) is 0. The molecule has 1 aromatic heterocycles. The number of aromatic amines is 1. The van der Waals surface area contributed by atoms with Crippen LogP contribution in [0.25, 0.3) is 10.9 Å². The first-order chi connectivity index (χ1) is 6.31. The maximum atomic E-state index is 11.4. The zero-order chi connectivity index (χ0) is 9.26. The van der Waals surface area contributed by atoms with Crippen molar-refractivity contribution in [2.24, 2.45) is 0 Å². The molecule has 0 amide bonds. The van der Waals surface area contributed by atoms with E-state index in [2.05, 4.69) is 4.98 Å². The van der Waals surface area contributed by atoms with Gasteiger partial charge in [-0.3, -0.25) is 4.79 Å². The van der Waals surface area contributed by atoms with Gasteiger partial charge in [0.1, 0.15) is 11.8 Å². The Balaban J connectivity index is 2.95. The van der Waals surface area contributed by atoms with Crippen LogP contribution in [0.3, 0.4) is 0 Å². The largest absolute Gasteiger partial charge is 0.346 e. The molecule has 0 bridgehead atoms. The minimum absolute atomic E-state index is 0.120. The second-order valence-corrected chi connectivity index (χ2v) is 2.70. The number of rotatable bonds is 0. The van der Waals surface area contributed by atoms with E-state index in [4.69, 9.17) is 5.26 Å². The molecule has 3 nitrogen and oxygen atoms in total. The molecule has 0 aliphatic heterocycles. The average molecular weight is 170 g/mol. The van der Waals surface area contributed by atoms with Crippen LogP contribution in [0, 0.1) is 11.3 Å². The number of hydrogen-bond donors (Lipinski definition) is 1. The highest BCUT2D eigenvalue weighted by Gasteiger charge is 1.98. The fraction of sp³-hybridized carbons (Fsp3) is 0. The predicted octanol–water partition coefficient (Wildman–Crippen LogP) is 1.40. The molecule has 13 heavy (non-hydrogen) atoms. The summed E-state index contributed by atoms with van der Waals surface area (Å²) >= 11 is 0. The van der Waals surface area contributed by atoms with E-state index in [1.54, 1.807) is 18.2 Å². The Morgan fingerprint density at radius 1 is 1.31 bits per heavy atom. The molecule has 0 unspecified atom stereocenters. The molecule has 1 heterocycles. The first-order valence-corrected chi connectivity index (χ1v) is 3.83. The number of nitrogens with zero attached hydrogens (tertiary/aromatic N) is 1. The molecule has 0 radical (unpaired) electrons. The number of H-pyrrole nitrogens is 1. The molecule has 2 rings (SSSR count). The predicted molar refractivity (Wildman–Crippen MR) is 49.3 cm³/mol. The monoisotopic (exact) mass is 170 g/mol. The van der Waals surface area contributed by atoms with Crippen LogP contribution in [-0.2, 0) is 0 Å². The van der Waals surface area contributed by atoms with E-state index in [-0.39, 0.29) is 5.43 Å². The molecule has 1 N–H and O–H groups in total. The van der Waals surface area contributed by atoms with E-state index < -0.39 is 0 Å². The Kier molecular flexibility index (Phi) is 1.60. The Hall–Kier alpha value is -2.08. The van der Waals surface area contributed by atoms with Gasteiger partial charge >= 0.3 is 0 Å². The lowest BCUT2D eigenvalue weighted by Gasteiger charge is -1.96. The van der Waals surface area contributed by atoms with Crippen LogP contribution in [0.1, 0.15) is 5.69 Å². The number of aromatic nitrogens is 1. The van der Waals surface area contributed by atoms with Crippen LogP contribution in [0.2, 0.25) is 0 Å². The number of nitriles is 1. The third kappa shape index (κ3) is 1.18. The lowest BCUT2D eigenvalue weighted by Crippen LogP contribution is -2.02. The molecule has 0 fully saturated rings. The molecule has 0 aliphatic carbocycles. The second kappa shape index (κ2) is 2.76. The van der Waals surface area contributed by atoms with Crippen LogP contribution in [-0.4, -0.2) is 4.98 Å². The first kappa shape index (κ1) is 7.56. The van der Waals surface area contributed by atoms with Crippen molar-refractivity contribution in [2.75, 3.05) is 0 Å². The highest BCUT2D eigenvalue weighted by molar-refractivity contribution is 5.78. The van der Waals surface area contributed by atoms with Crippen molar-refractivity contribution < 1.29 is 0 Å². The normalized spacial score (nSPS) is 9.77. The molecule has 62 valence electrons. The second-order valence-electron chi connectivity index (χ2n) is 2.70. The SMILES string of the molecule is N#Cc1cc(=O)c2ccccc2[nH]1. The van der Waals surface area contributed by atoms with E-state index in [9.17, 15) is 4.79 Å². The Labute approximate surface area is 74.3 Å². The van der Waals surface area contributed by atoms with Crippen molar-refractivity contribution in [1.29, 1.82) is 5.26 Å². The molecule has 0 spiro atoms. The van der Waals surface area contributed by atoms with Crippen molar-refractivity contribution >= 4 is 10.9 Å². The summed E-state index contributed by atoms with van der Waals surface area (Å²) in [6.45, 7) is 0. The van der Waals surface area contributed by atoms with Crippen molar-refractivity contribution in [3.05, 3.63) is 46.2 Å². The molecule has 1 aromatic carbocycles. The van der Waals surface area contributed by atoms with Gasteiger partial charge in [-0.1, -0.05) is 12.1 Å². The Bertz CT molecular complexity index is 549. The number of benzene rings is 1. The first-order valence-electron chi connectivity index (χ1n) is 3.83. The van der Waals surface area contributed by atoms with Gasteiger partial charge in [0.2, 0.25) is 0 Å².